The van der Waals surface area contributed by atoms with Gasteiger partial charge in [-0.25, -0.2) is 9.55 Å². The molecule has 1 aromatic carbocycles. The number of nitrogen functional groups attached to an aromatic ring is 1. The number of carbonyl (C=O) groups excluding carboxylic acids is 2. The van der Waals surface area contributed by atoms with Crippen LogP contribution in [0.2, 0.25) is 0 Å². The lowest BCUT2D eigenvalue weighted by Gasteiger charge is -2.25. The molecule has 44 heavy (non-hydrogen) atoms. The quantitative estimate of drug-likeness (QED) is 0.162. The predicted octanol–water partition coefficient (Wildman–Crippen LogP) is 4.93. The molecule has 13 nitrogen and oxygen atoms in total. The Kier molecular flexibility index (Phi) is 10.6. The normalized spacial score (nSPS) is 19.7. The fourth-order valence-corrected chi connectivity index (χ4v) is 6.64. The van der Waals surface area contributed by atoms with Gasteiger partial charge in [-0.1, -0.05) is 45.4 Å². The molecule has 238 valence electrons. The summed E-state index contributed by atoms with van der Waals surface area (Å²) in [6.45, 7) is 7.16. The summed E-state index contributed by atoms with van der Waals surface area (Å²) in [5.74, 6) is -1.37. The molecule has 0 aliphatic heterocycles. The number of aromatic amines is 1. The Hall–Kier alpha value is -3.96. The van der Waals surface area contributed by atoms with E-state index < -0.39 is 30.5 Å². The standard InChI is InChI=1S/C30H40N5O8P/c1-5-10-21(4)42-28(38)20(3)16-44(39,43-23-12-8-7-9-13-23)41-18-30(17-40-24(36)11-6-2)14-22(30)15-35-19-32-25-26(35)33-29(31)34-27(25)37/h7-9,12-13,15,19-21H,5-6,10-11,14,16-18H2,1-4H3,(H3,31,33,34,37)/b22-15-/t20-,21+,30?,44+/m1/s1. The summed E-state index contributed by atoms with van der Waals surface area (Å²) < 4.78 is 38.9. The zero-order chi connectivity index (χ0) is 31.9. The molecule has 1 fully saturated rings. The van der Waals surface area contributed by atoms with Gasteiger partial charge in [0.25, 0.3) is 5.56 Å². The predicted molar refractivity (Wildman–Crippen MR) is 165 cm³/mol. The zero-order valence-corrected chi connectivity index (χ0v) is 26.4. The first-order valence-electron chi connectivity index (χ1n) is 14.8. The van der Waals surface area contributed by atoms with E-state index in [0.29, 0.717) is 25.0 Å². The van der Waals surface area contributed by atoms with Gasteiger partial charge in [-0.15, -0.1) is 0 Å². The number of imidazole rings is 1. The minimum Gasteiger partial charge on any atom is -0.465 e. The van der Waals surface area contributed by atoms with Gasteiger partial charge in [0, 0.05) is 12.6 Å². The molecule has 1 aliphatic carbocycles. The van der Waals surface area contributed by atoms with Gasteiger partial charge < -0.3 is 19.7 Å². The fourth-order valence-electron chi connectivity index (χ4n) is 4.70. The van der Waals surface area contributed by atoms with Crippen LogP contribution in [-0.4, -0.2) is 56.9 Å². The van der Waals surface area contributed by atoms with Gasteiger partial charge in [-0.05, 0) is 43.9 Å². The van der Waals surface area contributed by atoms with Crippen molar-refractivity contribution < 1.29 is 32.7 Å². The molecule has 0 amide bonds. The van der Waals surface area contributed by atoms with Crippen molar-refractivity contribution in [1.29, 1.82) is 0 Å². The highest BCUT2D eigenvalue weighted by Gasteiger charge is 2.52. The van der Waals surface area contributed by atoms with Crippen LogP contribution in [-0.2, 0) is 28.2 Å². The Morgan fingerprint density at radius 1 is 1.18 bits per heavy atom. The number of esters is 2. The van der Waals surface area contributed by atoms with E-state index in [2.05, 4.69) is 15.0 Å². The molecule has 0 saturated heterocycles. The molecule has 1 aliphatic rings. The maximum Gasteiger partial charge on any atom is 0.380 e. The van der Waals surface area contributed by atoms with Crippen molar-refractivity contribution in [3.63, 3.8) is 0 Å². The Balaban J connectivity index is 1.59. The van der Waals surface area contributed by atoms with Gasteiger partial charge in [0.2, 0.25) is 5.95 Å². The monoisotopic (exact) mass is 629 g/mol. The van der Waals surface area contributed by atoms with Crippen LogP contribution in [0.25, 0.3) is 17.4 Å². The second-order valence-electron chi connectivity index (χ2n) is 11.2. The van der Waals surface area contributed by atoms with Crippen molar-refractivity contribution in [3.8, 4) is 5.75 Å². The van der Waals surface area contributed by atoms with Gasteiger partial charge in [0.1, 0.15) is 18.7 Å². The second-order valence-corrected chi connectivity index (χ2v) is 13.2. The molecule has 14 heteroatoms. The molecule has 2 aromatic heterocycles. The number of nitrogens with one attached hydrogen (secondary N) is 1. The minimum atomic E-state index is -3.94. The molecule has 1 unspecified atom stereocenters. The van der Waals surface area contributed by atoms with Crippen LogP contribution < -0.4 is 15.8 Å². The molecular weight excluding hydrogens is 589 g/mol. The molecule has 1 saturated carbocycles. The number of hydrogen-bond acceptors (Lipinski definition) is 11. The number of nitrogens with zero attached hydrogens (tertiary/aromatic N) is 3. The number of hydrogen-bond donors (Lipinski definition) is 2. The maximum atomic E-state index is 14.2. The average Bonchev–Trinajstić information content (AvgIpc) is 3.50. The number of anilines is 1. The summed E-state index contributed by atoms with van der Waals surface area (Å²) in [6.07, 6.45) is 5.54. The molecule has 3 N–H and O–H groups in total. The number of carbonyl (C=O) groups is 2. The topological polar surface area (TPSA) is 178 Å². The van der Waals surface area contributed by atoms with Crippen molar-refractivity contribution >= 4 is 42.8 Å². The van der Waals surface area contributed by atoms with E-state index >= 15 is 0 Å². The number of aromatic nitrogens is 4. The van der Waals surface area contributed by atoms with E-state index in [9.17, 15) is 18.9 Å². The highest BCUT2D eigenvalue weighted by Crippen LogP contribution is 2.58. The van der Waals surface area contributed by atoms with E-state index in [1.165, 1.54) is 6.33 Å². The van der Waals surface area contributed by atoms with Crippen LogP contribution in [0.15, 0.2) is 47.0 Å². The second kappa shape index (κ2) is 14.2. The Morgan fingerprint density at radius 2 is 1.93 bits per heavy atom. The smallest absolute Gasteiger partial charge is 0.380 e. The highest BCUT2D eigenvalue weighted by atomic mass is 31.2. The summed E-state index contributed by atoms with van der Waals surface area (Å²) in [5.41, 5.74) is 5.59. The fraction of sp³-hybridized carbons (Fsp3) is 0.500. The van der Waals surface area contributed by atoms with Crippen molar-refractivity contribution in [2.75, 3.05) is 25.1 Å². The van der Waals surface area contributed by atoms with E-state index in [-0.39, 0.29) is 55.0 Å². The first kappa shape index (κ1) is 32.9. The summed E-state index contributed by atoms with van der Waals surface area (Å²) in [4.78, 5) is 48.1. The summed E-state index contributed by atoms with van der Waals surface area (Å²) >= 11 is 0. The van der Waals surface area contributed by atoms with Gasteiger partial charge in [0.15, 0.2) is 11.2 Å². The molecule has 0 spiro atoms. The first-order valence-corrected chi connectivity index (χ1v) is 16.5. The summed E-state index contributed by atoms with van der Waals surface area (Å²) in [6, 6.07) is 8.57. The van der Waals surface area contributed by atoms with Gasteiger partial charge in [-0.2, -0.15) is 4.98 Å². The van der Waals surface area contributed by atoms with Crippen LogP contribution in [0.4, 0.5) is 5.95 Å². The Bertz CT molecular complexity index is 1600. The van der Waals surface area contributed by atoms with Crippen LogP contribution in [0.3, 0.4) is 0 Å². The van der Waals surface area contributed by atoms with E-state index in [4.69, 9.17) is 24.3 Å². The van der Waals surface area contributed by atoms with E-state index in [1.54, 1.807) is 48.0 Å². The molecule has 4 atom stereocenters. The van der Waals surface area contributed by atoms with E-state index in [0.717, 1.165) is 12.0 Å². The van der Waals surface area contributed by atoms with Crippen LogP contribution >= 0.6 is 7.60 Å². The molecule has 4 rings (SSSR count). The van der Waals surface area contributed by atoms with Gasteiger partial charge >= 0.3 is 19.5 Å². The number of nitrogens with two attached hydrogens (primary N) is 1. The molecule has 0 radical (unpaired) electrons. The lowest BCUT2D eigenvalue weighted by Crippen LogP contribution is -2.26. The number of rotatable bonds is 16. The van der Waals surface area contributed by atoms with Gasteiger partial charge in [0.05, 0.1) is 30.2 Å². The maximum absolute atomic E-state index is 14.2. The highest BCUT2D eigenvalue weighted by molar-refractivity contribution is 7.54. The lowest BCUT2D eigenvalue weighted by molar-refractivity contribution is -0.152. The van der Waals surface area contributed by atoms with Crippen molar-refractivity contribution in [1.82, 2.24) is 19.5 Å². The third-order valence-electron chi connectivity index (χ3n) is 7.23. The lowest BCUT2D eigenvalue weighted by atomic mass is 10.1. The number of benzene rings is 1. The van der Waals surface area contributed by atoms with Crippen molar-refractivity contribution in [3.05, 3.63) is 52.6 Å². The minimum absolute atomic E-state index is 0.0298. The van der Waals surface area contributed by atoms with Crippen molar-refractivity contribution in [2.24, 2.45) is 11.3 Å². The van der Waals surface area contributed by atoms with Gasteiger partial charge in [-0.3, -0.25) is 28.5 Å². The third kappa shape index (κ3) is 8.35. The Labute approximate surface area is 255 Å². The third-order valence-corrected chi connectivity index (χ3v) is 9.24. The summed E-state index contributed by atoms with van der Waals surface area (Å²) in [7, 11) is -3.94. The summed E-state index contributed by atoms with van der Waals surface area (Å²) in [5, 5.41) is 0. The van der Waals surface area contributed by atoms with E-state index in [1.807, 2.05) is 20.8 Å². The first-order chi connectivity index (χ1) is 21.0. The number of para-hydroxylation sites is 1. The molecule has 3 aromatic rings. The van der Waals surface area contributed by atoms with Crippen LogP contribution in [0.5, 0.6) is 5.75 Å². The van der Waals surface area contributed by atoms with Crippen LogP contribution in [0, 0.1) is 11.3 Å². The Morgan fingerprint density at radius 3 is 2.64 bits per heavy atom. The van der Waals surface area contributed by atoms with Crippen molar-refractivity contribution in [2.45, 2.75) is 65.9 Å². The average molecular weight is 630 g/mol. The SMILES string of the molecule is CCCC(=O)OCC1(CO[P@@](=O)(C[C@@H](C)C(=O)O[C@@H](C)CCC)Oc2ccccc2)C/C1=C/n1cnc2c(=O)[nH]c(N)nc21. The zero-order valence-electron chi connectivity index (χ0n) is 25.5. The van der Waals surface area contributed by atoms with Crippen LogP contribution in [0.1, 0.15) is 59.8 Å². The molecular formula is C30H40N5O8P. The molecule has 2 heterocycles. The number of ether oxygens (including phenoxy) is 2. The largest absolute Gasteiger partial charge is 0.465 e. The number of H-pyrrole nitrogens is 1. The number of fused-ring (bicyclic) bond motifs is 1. The molecule has 0 bridgehead atoms.